The first-order valence-corrected chi connectivity index (χ1v) is 13.7. The average Bonchev–Trinajstić information content (AvgIpc) is 3.33. The van der Waals surface area contributed by atoms with Gasteiger partial charge >= 0.3 is 5.97 Å². The van der Waals surface area contributed by atoms with E-state index in [1.165, 1.54) is 12.1 Å². The van der Waals surface area contributed by atoms with Crippen LogP contribution in [0.1, 0.15) is 48.7 Å². The smallest absolute Gasteiger partial charge is 0.330 e. The number of benzene rings is 3. The first-order valence-electron chi connectivity index (χ1n) is 13.7. The molecule has 1 heterocycles. The molecule has 1 N–H and O–H groups in total. The van der Waals surface area contributed by atoms with Gasteiger partial charge in [-0.05, 0) is 53.4 Å². The van der Waals surface area contributed by atoms with Crippen LogP contribution in [0, 0.1) is 5.82 Å². The normalized spacial score (nSPS) is 11.6. The standard InChI is InChI=1S/C35H35FN2O3/c1-5-13-29(41-30(39)6-2)22-23-38-33(24(3)4)32(35(40)37-28-16-11-8-12-17-28)31(25-14-9-7-10-15-25)34(38)26-18-20-27(36)21-19-26/h5-12,14-21,24,29H,1-2,13,22-23H2,3-4H3,(H,37,40). The van der Waals surface area contributed by atoms with E-state index >= 15 is 0 Å². The maximum atomic E-state index is 14.1. The van der Waals surface area contributed by atoms with E-state index in [2.05, 4.69) is 23.0 Å². The van der Waals surface area contributed by atoms with E-state index in [9.17, 15) is 14.0 Å². The van der Waals surface area contributed by atoms with Gasteiger partial charge in [-0.15, -0.1) is 6.58 Å². The topological polar surface area (TPSA) is 60.3 Å². The van der Waals surface area contributed by atoms with Crippen molar-refractivity contribution in [1.29, 1.82) is 0 Å². The highest BCUT2D eigenvalue weighted by atomic mass is 19.1. The monoisotopic (exact) mass is 550 g/mol. The number of aromatic nitrogens is 1. The predicted molar refractivity (Wildman–Crippen MR) is 163 cm³/mol. The maximum absolute atomic E-state index is 14.1. The molecule has 0 saturated carbocycles. The zero-order valence-corrected chi connectivity index (χ0v) is 23.5. The third-order valence-electron chi connectivity index (χ3n) is 6.84. The van der Waals surface area contributed by atoms with Crippen molar-refractivity contribution in [2.45, 2.75) is 45.3 Å². The summed E-state index contributed by atoms with van der Waals surface area (Å²) in [5.41, 5.74) is 5.27. The molecule has 0 aliphatic carbocycles. The molecule has 210 valence electrons. The van der Waals surface area contributed by atoms with Crippen LogP contribution >= 0.6 is 0 Å². The molecule has 41 heavy (non-hydrogen) atoms. The van der Waals surface area contributed by atoms with Gasteiger partial charge in [0.2, 0.25) is 0 Å². The minimum Gasteiger partial charge on any atom is -0.459 e. The lowest BCUT2D eigenvalue weighted by atomic mass is 9.94. The molecule has 3 aromatic carbocycles. The van der Waals surface area contributed by atoms with Crippen LogP contribution in [0.4, 0.5) is 10.1 Å². The Kier molecular flexibility index (Phi) is 9.69. The molecule has 6 heteroatoms. The van der Waals surface area contributed by atoms with Crippen LogP contribution in [-0.2, 0) is 16.1 Å². The second-order valence-corrected chi connectivity index (χ2v) is 10.1. The summed E-state index contributed by atoms with van der Waals surface area (Å²) in [4.78, 5) is 26.2. The van der Waals surface area contributed by atoms with Gasteiger partial charge in [0.05, 0.1) is 11.3 Å². The molecule has 1 unspecified atom stereocenters. The van der Waals surface area contributed by atoms with E-state index in [1.54, 1.807) is 18.2 Å². The molecule has 0 spiro atoms. The van der Waals surface area contributed by atoms with Crippen molar-refractivity contribution in [2.24, 2.45) is 0 Å². The number of para-hydroxylation sites is 1. The van der Waals surface area contributed by atoms with Gasteiger partial charge in [-0.2, -0.15) is 0 Å². The highest BCUT2D eigenvalue weighted by molar-refractivity contribution is 6.12. The van der Waals surface area contributed by atoms with Crippen LogP contribution in [0.25, 0.3) is 22.4 Å². The van der Waals surface area contributed by atoms with Gasteiger partial charge in [0.1, 0.15) is 11.9 Å². The first kappa shape index (κ1) is 29.3. The quantitative estimate of drug-likeness (QED) is 0.109. The second kappa shape index (κ2) is 13.6. The van der Waals surface area contributed by atoms with E-state index in [0.717, 1.165) is 34.2 Å². The van der Waals surface area contributed by atoms with Crippen LogP contribution in [0.3, 0.4) is 0 Å². The lowest BCUT2D eigenvalue weighted by Crippen LogP contribution is -2.20. The highest BCUT2D eigenvalue weighted by Gasteiger charge is 2.31. The van der Waals surface area contributed by atoms with E-state index in [0.29, 0.717) is 30.6 Å². The predicted octanol–water partition coefficient (Wildman–Crippen LogP) is 8.40. The summed E-state index contributed by atoms with van der Waals surface area (Å²) in [6.45, 7) is 11.9. The fourth-order valence-corrected chi connectivity index (χ4v) is 5.10. The van der Waals surface area contributed by atoms with Gasteiger partial charge in [-0.25, -0.2) is 9.18 Å². The number of carbonyl (C=O) groups is 2. The lowest BCUT2D eigenvalue weighted by Gasteiger charge is -2.21. The molecule has 1 aromatic heterocycles. The van der Waals surface area contributed by atoms with Gasteiger partial charge in [-0.3, -0.25) is 4.79 Å². The second-order valence-electron chi connectivity index (χ2n) is 10.1. The molecule has 4 rings (SSSR count). The third-order valence-corrected chi connectivity index (χ3v) is 6.84. The number of hydrogen-bond acceptors (Lipinski definition) is 3. The molecule has 0 bridgehead atoms. The first-order chi connectivity index (χ1) is 19.8. The van der Waals surface area contributed by atoms with E-state index < -0.39 is 12.1 Å². The van der Waals surface area contributed by atoms with E-state index in [4.69, 9.17) is 4.74 Å². The van der Waals surface area contributed by atoms with Crippen molar-refractivity contribution in [3.05, 3.63) is 127 Å². The van der Waals surface area contributed by atoms with Crippen molar-refractivity contribution in [1.82, 2.24) is 4.57 Å². The molecular formula is C35H35FN2O3. The number of halogens is 1. The maximum Gasteiger partial charge on any atom is 0.330 e. The van der Waals surface area contributed by atoms with Gasteiger partial charge in [0, 0.05) is 42.4 Å². The Bertz CT molecular complexity index is 1510. The molecule has 1 amide bonds. The molecule has 0 fully saturated rings. The van der Waals surface area contributed by atoms with Gasteiger partial charge < -0.3 is 14.6 Å². The number of esters is 1. The molecule has 0 aliphatic rings. The molecule has 0 radical (unpaired) electrons. The largest absolute Gasteiger partial charge is 0.459 e. The van der Waals surface area contributed by atoms with Crippen LogP contribution in [0.5, 0.6) is 0 Å². The Morgan fingerprint density at radius 2 is 1.56 bits per heavy atom. The van der Waals surface area contributed by atoms with Gasteiger partial charge in [0.25, 0.3) is 5.91 Å². The highest BCUT2D eigenvalue weighted by Crippen LogP contribution is 2.42. The van der Waals surface area contributed by atoms with Crippen molar-refractivity contribution in [3.63, 3.8) is 0 Å². The van der Waals surface area contributed by atoms with Crippen LogP contribution < -0.4 is 5.32 Å². The van der Waals surface area contributed by atoms with Crippen LogP contribution in [-0.4, -0.2) is 22.5 Å². The Hall–Kier alpha value is -4.71. The molecule has 1 atom stereocenters. The van der Waals surface area contributed by atoms with Crippen molar-refractivity contribution >= 4 is 17.6 Å². The zero-order valence-electron chi connectivity index (χ0n) is 23.5. The summed E-state index contributed by atoms with van der Waals surface area (Å²) in [5.74, 6) is -1.12. The number of nitrogens with one attached hydrogen (secondary N) is 1. The fourth-order valence-electron chi connectivity index (χ4n) is 5.10. The number of nitrogens with zero attached hydrogens (tertiary/aromatic N) is 1. The van der Waals surface area contributed by atoms with Crippen molar-refractivity contribution in [3.8, 4) is 22.4 Å². The molecule has 5 nitrogen and oxygen atoms in total. The summed E-state index contributed by atoms with van der Waals surface area (Å²) in [5, 5.41) is 3.08. The Balaban J connectivity index is 1.96. The third kappa shape index (κ3) is 6.90. The molecule has 0 aliphatic heterocycles. The Morgan fingerprint density at radius 1 is 0.927 bits per heavy atom. The summed E-state index contributed by atoms with van der Waals surface area (Å²) >= 11 is 0. The fraction of sp³-hybridized carbons (Fsp3) is 0.200. The Labute approximate surface area is 241 Å². The number of carbonyl (C=O) groups excluding carboxylic acids is 2. The average molecular weight is 551 g/mol. The van der Waals surface area contributed by atoms with E-state index in [-0.39, 0.29) is 17.6 Å². The Morgan fingerprint density at radius 3 is 2.15 bits per heavy atom. The van der Waals surface area contributed by atoms with Crippen molar-refractivity contribution in [2.75, 3.05) is 5.32 Å². The molecule has 0 saturated heterocycles. The summed E-state index contributed by atoms with van der Waals surface area (Å²) in [7, 11) is 0. The SMILES string of the molecule is C=CCC(CCn1c(-c2ccc(F)cc2)c(-c2ccccc2)c(C(=O)Nc2ccccc2)c1C(C)C)OC(=O)C=C. The number of amides is 1. The number of anilines is 1. The van der Waals surface area contributed by atoms with E-state index in [1.807, 2.05) is 74.5 Å². The zero-order chi connectivity index (χ0) is 29.4. The molecule has 4 aromatic rings. The lowest BCUT2D eigenvalue weighted by molar-refractivity contribution is -0.143. The summed E-state index contributed by atoms with van der Waals surface area (Å²) < 4.78 is 21.8. The minimum absolute atomic E-state index is 0.0447. The van der Waals surface area contributed by atoms with Crippen LogP contribution in [0.15, 0.2) is 110 Å². The summed E-state index contributed by atoms with van der Waals surface area (Å²) in [6.07, 6.45) is 3.38. The summed E-state index contributed by atoms with van der Waals surface area (Å²) in [6, 6.07) is 25.4. The van der Waals surface area contributed by atoms with Crippen molar-refractivity contribution < 1.29 is 18.7 Å². The number of hydrogen-bond donors (Lipinski definition) is 1. The number of ether oxygens (including phenoxy) is 1. The minimum atomic E-state index is -0.500. The molecular weight excluding hydrogens is 515 g/mol. The van der Waals surface area contributed by atoms with Gasteiger partial charge in [0.15, 0.2) is 0 Å². The number of rotatable bonds is 12. The van der Waals surface area contributed by atoms with Gasteiger partial charge in [-0.1, -0.05) is 75.0 Å². The van der Waals surface area contributed by atoms with Crippen LogP contribution in [0.2, 0.25) is 0 Å².